The first-order chi connectivity index (χ1) is 4.22. The molecule has 1 rings (SSSR count). The van der Waals surface area contributed by atoms with Gasteiger partial charge in [0.2, 0.25) is 0 Å². The van der Waals surface area contributed by atoms with E-state index >= 15 is 0 Å². The Balaban J connectivity index is 2.52. The molecular weight excluding hydrogens is 182 g/mol. The van der Waals surface area contributed by atoms with Gasteiger partial charge in [0.25, 0.3) is 0 Å². The van der Waals surface area contributed by atoms with Gasteiger partial charge in [-0.2, -0.15) is 0 Å². The standard InChI is InChI=1S/C6H10BrNO/c7-4-2-1-3-5(8)6(4)9/h4-5H,1-3,8H2. The molecule has 0 aromatic heterocycles. The molecule has 52 valence electrons. The van der Waals surface area contributed by atoms with E-state index in [4.69, 9.17) is 5.73 Å². The molecule has 1 saturated carbocycles. The van der Waals surface area contributed by atoms with E-state index in [9.17, 15) is 4.79 Å². The molecule has 2 N–H and O–H groups in total. The zero-order valence-corrected chi connectivity index (χ0v) is 6.73. The second-order valence-corrected chi connectivity index (χ2v) is 3.51. The third kappa shape index (κ3) is 1.52. The summed E-state index contributed by atoms with van der Waals surface area (Å²) >= 11 is 3.26. The first-order valence-corrected chi connectivity index (χ1v) is 4.07. The molecule has 0 amide bonds. The summed E-state index contributed by atoms with van der Waals surface area (Å²) in [6, 6.07) is -0.205. The average molecular weight is 192 g/mol. The molecule has 1 fully saturated rings. The molecule has 0 aromatic rings. The number of nitrogens with two attached hydrogens (primary N) is 1. The Morgan fingerprint density at radius 1 is 1.56 bits per heavy atom. The van der Waals surface area contributed by atoms with E-state index in [1.165, 1.54) is 0 Å². The summed E-state index contributed by atoms with van der Waals surface area (Å²) in [6.45, 7) is 0. The maximum absolute atomic E-state index is 11.0. The first-order valence-electron chi connectivity index (χ1n) is 3.15. The molecule has 0 heterocycles. The molecule has 0 radical (unpaired) electrons. The van der Waals surface area contributed by atoms with Gasteiger partial charge in [-0.05, 0) is 19.3 Å². The lowest BCUT2D eigenvalue weighted by Crippen LogP contribution is -2.39. The molecule has 0 bridgehead atoms. The van der Waals surface area contributed by atoms with Crippen LogP contribution in [-0.4, -0.2) is 16.7 Å². The molecule has 1 aliphatic rings. The highest BCUT2D eigenvalue weighted by Gasteiger charge is 2.25. The van der Waals surface area contributed by atoms with Crippen LogP contribution >= 0.6 is 15.9 Å². The number of carbonyl (C=O) groups is 1. The largest absolute Gasteiger partial charge is 0.321 e. The minimum Gasteiger partial charge on any atom is -0.321 e. The molecule has 2 unspecified atom stereocenters. The number of carbonyl (C=O) groups excluding carboxylic acids is 1. The maximum Gasteiger partial charge on any atom is 0.163 e. The van der Waals surface area contributed by atoms with Crippen molar-refractivity contribution in [1.82, 2.24) is 0 Å². The Morgan fingerprint density at radius 2 is 2.22 bits per heavy atom. The summed E-state index contributed by atoms with van der Waals surface area (Å²) in [6.07, 6.45) is 2.89. The van der Waals surface area contributed by atoms with Gasteiger partial charge in [-0.3, -0.25) is 4.79 Å². The van der Waals surface area contributed by atoms with Crippen LogP contribution in [0.25, 0.3) is 0 Å². The summed E-state index contributed by atoms with van der Waals surface area (Å²) in [4.78, 5) is 11.0. The van der Waals surface area contributed by atoms with Crippen molar-refractivity contribution >= 4 is 21.7 Å². The van der Waals surface area contributed by atoms with Gasteiger partial charge in [0.1, 0.15) is 0 Å². The lowest BCUT2D eigenvalue weighted by molar-refractivity contribution is -0.120. The average Bonchev–Trinajstić information content (AvgIpc) is 1.83. The topological polar surface area (TPSA) is 43.1 Å². The number of rotatable bonds is 0. The van der Waals surface area contributed by atoms with Crippen LogP contribution in [0.2, 0.25) is 0 Å². The smallest absolute Gasteiger partial charge is 0.163 e. The molecule has 2 atom stereocenters. The zero-order valence-electron chi connectivity index (χ0n) is 5.14. The summed E-state index contributed by atoms with van der Waals surface area (Å²) in [7, 11) is 0. The SMILES string of the molecule is NC1CCCC(Br)C1=O. The Bertz CT molecular complexity index is 114. The number of hydrogen-bond acceptors (Lipinski definition) is 2. The Kier molecular flexibility index (Phi) is 2.24. The molecule has 1 aliphatic carbocycles. The minimum absolute atomic E-state index is 0.0289. The van der Waals surface area contributed by atoms with Crippen molar-refractivity contribution in [2.24, 2.45) is 5.73 Å². The van der Waals surface area contributed by atoms with Crippen molar-refractivity contribution in [2.75, 3.05) is 0 Å². The zero-order chi connectivity index (χ0) is 6.85. The van der Waals surface area contributed by atoms with Crippen LogP contribution in [0.5, 0.6) is 0 Å². The predicted octanol–water partition coefficient (Wildman–Crippen LogP) is 0.830. The van der Waals surface area contributed by atoms with Crippen LogP contribution in [0, 0.1) is 0 Å². The summed E-state index contributed by atoms with van der Waals surface area (Å²) in [5, 5.41) is 0. The van der Waals surface area contributed by atoms with Gasteiger partial charge in [0.05, 0.1) is 10.9 Å². The second kappa shape index (κ2) is 2.80. The van der Waals surface area contributed by atoms with E-state index in [2.05, 4.69) is 15.9 Å². The van der Waals surface area contributed by atoms with Gasteiger partial charge in [-0.25, -0.2) is 0 Å². The van der Waals surface area contributed by atoms with Gasteiger partial charge in [-0.15, -0.1) is 0 Å². The molecule has 0 spiro atoms. The Hall–Kier alpha value is 0.110. The minimum atomic E-state index is -0.205. The fourth-order valence-electron chi connectivity index (χ4n) is 1.03. The summed E-state index contributed by atoms with van der Waals surface area (Å²) < 4.78 is 0. The molecule has 0 aromatic carbocycles. The normalized spacial score (nSPS) is 36.9. The number of ketones is 1. The van der Waals surface area contributed by atoms with Crippen molar-refractivity contribution in [3.8, 4) is 0 Å². The van der Waals surface area contributed by atoms with Crippen LogP contribution in [0.4, 0.5) is 0 Å². The third-order valence-electron chi connectivity index (χ3n) is 1.65. The number of hydrogen-bond donors (Lipinski definition) is 1. The highest BCUT2D eigenvalue weighted by Crippen LogP contribution is 2.19. The number of alkyl halides is 1. The van der Waals surface area contributed by atoms with E-state index in [1.807, 2.05) is 0 Å². The molecule has 0 saturated heterocycles. The maximum atomic E-state index is 11.0. The fourth-order valence-corrected chi connectivity index (χ4v) is 1.70. The molecule has 9 heavy (non-hydrogen) atoms. The van der Waals surface area contributed by atoms with Gasteiger partial charge in [0, 0.05) is 0 Å². The predicted molar refractivity (Wildman–Crippen MR) is 39.5 cm³/mol. The van der Waals surface area contributed by atoms with Crippen LogP contribution in [0.1, 0.15) is 19.3 Å². The molecule has 0 aliphatic heterocycles. The second-order valence-electron chi connectivity index (χ2n) is 2.41. The number of halogens is 1. The van der Waals surface area contributed by atoms with Gasteiger partial charge < -0.3 is 5.73 Å². The highest BCUT2D eigenvalue weighted by molar-refractivity contribution is 9.10. The van der Waals surface area contributed by atoms with Crippen LogP contribution in [0.3, 0.4) is 0 Å². The summed E-state index contributed by atoms with van der Waals surface area (Å²) in [5.74, 6) is 0.168. The fraction of sp³-hybridized carbons (Fsp3) is 0.833. The van der Waals surface area contributed by atoms with Gasteiger partial charge >= 0.3 is 0 Å². The lowest BCUT2D eigenvalue weighted by Gasteiger charge is -2.20. The van der Waals surface area contributed by atoms with Crippen LogP contribution in [-0.2, 0) is 4.79 Å². The van der Waals surface area contributed by atoms with E-state index in [1.54, 1.807) is 0 Å². The van der Waals surface area contributed by atoms with Crippen molar-refractivity contribution in [3.63, 3.8) is 0 Å². The van der Waals surface area contributed by atoms with Crippen LogP contribution in [0.15, 0.2) is 0 Å². The van der Waals surface area contributed by atoms with E-state index in [0.29, 0.717) is 0 Å². The Labute approximate surface area is 62.9 Å². The third-order valence-corrected chi connectivity index (χ3v) is 2.56. The highest BCUT2D eigenvalue weighted by atomic mass is 79.9. The first kappa shape index (κ1) is 7.22. The van der Waals surface area contributed by atoms with Gasteiger partial charge in [-0.1, -0.05) is 15.9 Å². The van der Waals surface area contributed by atoms with Crippen molar-refractivity contribution in [1.29, 1.82) is 0 Å². The van der Waals surface area contributed by atoms with Gasteiger partial charge in [0.15, 0.2) is 5.78 Å². The van der Waals surface area contributed by atoms with Crippen molar-refractivity contribution in [2.45, 2.75) is 30.1 Å². The number of Topliss-reactive ketones (excluding diaryl/α,β-unsaturated/α-hetero) is 1. The van der Waals surface area contributed by atoms with E-state index < -0.39 is 0 Å². The lowest BCUT2D eigenvalue weighted by atomic mass is 9.95. The molecule has 2 nitrogen and oxygen atoms in total. The Morgan fingerprint density at radius 3 is 2.67 bits per heavy atom. The monoisotopic (exact) mass is 191 g/mol. The van der Waals surface area contributed by atoms with Crippen molar-refractivity contribution < 1.29 is 4.79 Å². The van der Waals surface area contributed by atoms with E-state index in [-0.39, 0.29) is 16.7 Å². The van der Waals surface area contributed by atoms with Crippen LogP contribution < -0.4 is 5.73 Å². The summed E-state index contributed by atoms with van der Waals surface area (Å²) in [5.41, 5.74) is 5.49. The van der Waals surface area contributed by atoms with E-state index in [0.717, 1.165) is 19.3 Å². The van der Waals surface area contributed by atoms with Crippen molar-refractivity contribution in [3.05, 3.63) is 0 Å². The molecule has 3 heteroatoms. The molecular formula is C6H10BrNO. The quantitative estimate of drug-likeness (QED) is 0.577.